The van der Waals surface area contributed by atoms with E-state index in [9.17, 15) is 9.18 Å². The molecule has 0 saturated carbocycles. The molecule has 26 heavy (non-hydrogen) atoms. The van der Waals surface area contributed by atoms with Gasteiger partial charge in [0, 0.05) is 18.3 Å². The van der Waals surface area contributed by atoms with Crippen LogP contribution in [0.5, 0.6) is 5.75 Å². The van der Waals surface area contributed by atoms with Gasteiger partial charge in [-0.1, -0.05) is 12.1 Å². The van der Waals surface area contributed by atoms with Crippen molar-refractivity contribution in [2.24, 2.45) is 0 Å². The van der Waals surface area contributed by atoms with Crippen LogP contribution in [0.25, 0.3) is 11.1 Å². The Labute approximate surface area is 150 Å². The average molecular weight is 351 g/mol. The summed E-state index contributed by atoms with van der Waals surface area (Å²) in [6.07, 6.45) is 7.13. The number of amides is 1. The second-order valence-electron chi connectivity index (χ2n) is 6.58. The van der Waals surface area contributed by atoms with Gasteiger partial charge in [0.1, 0.15) is 17.2 Å². The monoisotopic (exact) mass is 351 g/mol. The molecule has 4 rings (SSSR count). The van der Waals surface area contributed by atoms with Crippen molar-refractivity contribution in [3.63, 3.8) is 0 Å². The van der Waals surface area contributed by atoms with Crippen molar-refractivity contribution in [2.45, 2.75) is 19.0 Å². The Hall–Kier alpha value is -3.15. The van der Waals surface area contributed by atoms with Gasteiger partial charge in [-0.3, -0.25) is 4.79 Å². The van der Waals surface area contributed by atoms with Gasteiger partial charge in [0.2, 0.25) is 0 Å². The van der Waals surface area contributed by atoms with Crippen molar-refractivity contribution in [2.75, 3.05) is 17.2 Å². The van der Waals surface area contributed by atoms with E-state index in [0.29, 0.717) is 23.7 Å². The summed E-state index contributed by atoms with van der Waals surface area (Å²) >= 11 is 0. The lowest BCUT2D eigenvalue weighted by molar-refractivity contribution is -0.118. The number of benzene rings is 1. The predicted octanol–water partition coefficient (Wildman–Crippen LogP) is 4.06. The van der Waals surface area contributed by atoms with Crippen LogP contribution in [-0.4, -0.2) is 23.2 Å². The van der Waals surface area contributed by atoms with Gasteiger partial charge < -0.3 is 15.4 Å². The molecule has 1 amide bonds. The molecule has 5 nitrogen and oxygen atoms in total. The third-order valence-corrected chi connectivity index (χ3v) is 4.31. The topological polar surface area (TPSA) is 63.2 Å². The summed E-state index contributed by atoms with van der Waals surface area (Å²) in [5, 5.41) is 6.01. The molecule has 1 aromatic heterocycles. The van der Waals surface area contributed by atoms with E-state index in [-0.39, 0.29) is 12.5 Å². The minimum absolute atomic E-state index is 0.0379. The molecule has 132 valence electrons. The molecule has 0 fully saturated rings. The number of allylic oxidation sites excluding steroid dienone is 3. The minimum atomic E-state index is -1.30. The van der Waals surface area contributed by atoms with Crippen LogP contribution < -0.4 is 15.4 Å². The van der Waals surface area contributed by atoms with E-state index in [1.54, 1.807) is 25.3 Å². The van der Waals surface area contributed by atoms with Crippen LogP contribution in [0, 0.1) is 0 Å². The maximum absolute atomic E-state index is 13.8. The standard InChI is InChI=1S/C20H18FN3O2/c1-20(21)7-4-15(5-8-20)23-18-11-14(6-9-22-18)13-2-3-17-16(10-13)24-19(25)12-26-17/h2-7,9-11H,8,12H2,1H3,(H,22,23)(H,24,25). The van der Waals surface area contributed by atoms with Crippen LogP contribution in [0.15, 0.2) is 60.5 Å². The summed E-state index contributed by atoms with van der Waals surface area (Å²) in [6.45, 7) is 1.59. The third-order valence-electron chi connectivity index (χ3n) is 4.31. The number of hydrogen-bond donors (Lipinski definition) is 2. The minimum Gasteiger partial charge on any atom is -0.482 e. The summed E-state index contributed by atoms with van der Waals surface area (Å²) in [5.41, 5.74) is 2.06. The molecule has 1 unspecified atom stereocenters. The second kappa shape index (κ2) is 6.29. The van der Waals surface area contributed by atoms with Crippen LogP contribution in [0.2, 0.25) is 0 Å². The maximum atomic E-state index is 13.8. The lowest BCUT2D eigenvalue weighted by atomic mass is 9.98. The molecule has 0 bridgehead atoms. The van der Waals surface area contributed by atoms with Crippen LogP contribution in [-0.2, 0) is 4.79 Å². The quantitative estimate of drug-likeness (QED) is 0.875. The van der Waals surface area contributed by atoms with Crippen molar-refractivity contribution in [3.05, 3.63) is 60.5 Å². The Kier molecular flexibility index (Phi) is 3.95. The molecular formula is C20H18FN3O2. The highest BCUT2D eigenvalue weighted by Crippen LogP contribution is 2.33. The fourth-order valence-electron chi connectivity index (χ4n) is 2.89. The van der Waals surface area contributed by atoms with E-state index < -0.39 is 5.67 Å². The summed E-state index contributed by atoms with van der Waals surface area (Å²) in [5.74, 6) is 1.16. The first-order chi connectivity index (χ1) is 12.5. The number of nitrogens with one attached hydrogen (secondary N) is 2. The molecule has 1 aliphatic carbocycles. The first-order valence-electron chi connectivity index (χ1n) is 8.37. The Morgan fingerprint density at radius 1 is 1.27 bits per heavy atom. The van der Waals surface area contributed by atoms with Gasteiger partial charge in [-0.15, -0.1) is 0 Å². The van der Waals surface area contributed by atoms with E-state index >= 15 is 0 Å². The van der Waals surface area contributed by atoms with Crippen LogP contribution in [0.4, 0.5) is 15.9 Å². The average Bonchev–Trinajstić information content (AvgIpc) is 2.63. The van der Waals surface area contributed by atoms with Crippen molar-refractivity contribution in [1.29, 1.82) is 0 Å². The number of carbonyl (C=O) groups is 1. The fourth-order valence-corrected chi connectivity index (χ4v) is 2.89. The molecule has 2 aliphatic rings. The van der Waals surface area contributed by atoms with Crippen molar-refractivity contribution < 1.29 is 13.9 Å². The van der Waals surface area contributed by atoms with Gasteiger partial charge in [0.05, 0.1) is 5.69 Å². The molecule has 1 atom stereocenters. The molecule has 2 aromatic rings. The lowest BCUT2D eigenvalue weighted by Gasteiger charge is -2.20. The van der Waals surface area contributed by atoms with Gasteiger partial charge in [0.25, 0.3) is 5.91 Å². The van der Waals surface area contributed by atoms with Crippen LogP contribution in [0.3, 0.4) is 0 Å². The maximum Gasteiger partial charge on any atom is 0.262 e. The molecule has 1 aromatic carbocycles. The number of carbonyl (C=O) groups excluding carboxylic acids is 1. The van der Waals surface area contributed by atoms with E-state index in [4.69, 9.17) is 4.74 Å². The zero-order chi connectivity index (χ0) is 18.1. The summed E-state index contributed by atoms with van der Waals surface area (Å²) in [6, 6.07) is 9.45. The predicted molar refractivity (Wildman–Crippen MR) is 98.8 cm³/mol. The summed E-state index contributed by atoms with van der Waals surface area (Å²) < 4.78 is 19.2. The van der Waals surface area contributed by atoms with Gasteiger partial charge in [-0.05, 0) is 54.5 Å². The molecule has 1 aliphatic heterocycles. The second-order valence-corrected chi connectivity index (χ2v) is 6.58. The van der Waals surface area contributed by atoms with E-state index in [1.165, 1.54) is 0 Å². The molecule has 2 N–H and O–H groups in total. The number of halogens is 1. The SMILES string of the molecule is CC1(F)C=CC(Nc2cc(-c3ccc4c(c3)NC(=O)CO4)ccn2)=CC1. The highest BCUT2D eigenvalue weighted by atomic mass is 19.1. The molecular weight excluding hydrogens is 333 g/mol. The Balaban J connectivity index is 1.57. The number of ether oxygens (including phenoxy) is 1. The van der Waals surface area contributed by atoms with Crippen LogP contribution in [0.1, 0.15) is 13.3 Å². The van der Waals surface area contributed by atoms with Crippen molar-refractivity contribution >= 4 is 17.4 Å². The third kappa shape index (κ3) is 3.44. The number of nitrogens with zero attached hydrogens (tertiary/aromatic N) is 1. The fraction of sp³-hybridized carbons (Fsp3) is 0.200. The zero-order valence-corrected chi connectivity index (χ0v) is 14.3. The largest absolute Gasteiger partial charge is 0.482 e. The van der Waals surface area contributed by atoms with Crippen LogP contribution >= 0.6 is 0 Å². The molecule has 2 heterocycles. The van der Waals surface area contributed by atoms with Crippen molar-refractivity contribution in [3.8, 4) is 16.9 Å². The van der Waals surface area contributed by atoms with E-state index in [2.05, 4.69) is 15.6 Å². The van der Waals surface area contributed by atoms with Gasteiger partial charge >= 0.3 is 0 Å². The number of rotatable bonds is 3. The van der Waals surface area contributed by atoms with E-state index in [1.807, 2.05) is 36.4 Å². The Morgan fingerprint density at radius 2 is 2.12 bits per heavy atom. The number of hydrogen-bond acceptors (Lipinski definition) is 4. The smallest absolute Gasteiger partial charge is 0.262 e. The molecule has 6 heteroatoms. The number of aromatic nitrogens is 1. The molecule has 0 saturated heterocycles. The highest BCUT2D eigenvalue weighted by molar-refractivity contribution is 5.96. The van der Waals surface area contributed by atoms with Crippen molar-refractivity contribution in [1.82, 2.24) is 4.98 Å². The number of fused-ring (bicyclic) bond motifs is 1. The zero-order valence-electron chi connectivity index (χ0n) is 14.3. The first-order valence-corrected chi connectivity index (χ1v) is 8.37. The van der Waals surface area contributed by atoms with Gasteiger partial charge in [0.15, 0.2) is 6.61 Å². The number of alkyl halides is 1. The normalized spacial score (nSPS) is 21.3. The summed E-state index contributed by atoms with van der Waals surface area (Å²) in [4.78, 5) is 15.8. The first kappa shape index (κ1) is 16.3. The van der Waals surface area contributed by atoms with Gasteiger partial charge in [-0.25, -0.2) is 9.37 Å². The summed E-state index contributed by atoms with van der Waals surface area (Å²) in [7, 11) is 0. The number of anilines is 2. The van der Waals surface area contributed by atoms with E-state index in [0.717, 1.165) is 16.8 Å². The molecule has 0 radical (unpaired) electrons. The molecule has 0 spiro atoms. The number of pyridine rings is 1. The highest BCUT2D eigenvalue weighted by Gasteiger charge is 2.21. The lowest BCUT2D eigenvalue weighted by Crippen LogP contribution is -2.25. The Bertz CT molecular complexity index is 934. The Morgan fingerprint density at radius 3 is 2.92 bits per heavy atom. The van der Waals surface area contributed by atoms with Gasteiger partial charge in [-0.2, -0.15) is 0 Å².